The minimum Gasteiger partial charge on any atom is -0.453 e. The molecule has 1 aromatic heterocycles. The number of carbonyl (C=O) groups excluding carboxylic acids is 2. The Hall–Kier alpha value is -2.31. The monoisotopic (exact) mass is 279 g/mol. The fourth-order valence-electron chi connectivity index (χ4n) is 2.13. The first kappa shape index (κ1) is 14.1. The first-order valence-electron chi connectivity index (χ1n) is 6.34. The second-order valence-electron chi connectivity index (χ2n) is 4.64. The number of aromatic amines is 1. The number of H-pyrrole nitrogens is 1. The fraction of sp³-hybridized carbons (Fsp3) is 0.462. The quantitative estimate of drug-likeness (QED) is 0.796. The van der Waals surface area contributed by atoms with Crippen molar-refractivity contribution < 1.29 is 14.3 Å². The maximum absolute atomic E-state index is 12.2. The van der Waals surface area contributed by atoms with Crippen LogP contribution in [0.1, 0.15) is 16.1 Å². The third-order valence-electron chi connectivity index (χ3n) is 3.29. The van der Waals surface area contributed by atoms with Crippen LogP contribution in [-0.4, -0.2) is 60.1 Å². The van der Waals surface area contributed by atoms with Gasteiger partial charge in [-0.3, -0.25) is 9.59 Å². The highest BCUT2D eigenvalue weighted by atomic mass is 16.5. The molecule has 1 aliphatic rings. The van der Waals surface area contributed by atoms with Gasteiger partial charge >= 0.3 is 6.09 Å². The Morgan fingerprint density at radius 3 is 2.35 bits per heavy atom. The van der Waals surface area contributed by atoms with E-state index in [2.05, 4.69) is 9.72 Å². The largest absolute Gasteiger partial charge is 0.453 e. The van der Waals surface area contributed by atoms with Crippen LogP contribution in [0.4, 0.5) is 4.79 Å². The van der Waals surface area contributed by atoms with Gasteiger partial charge in [-0.1, -0.05) is 0 Å². The Labute approximate surface area is 116 Å². The molecule has 0 saturated carbocycles. The Morgan fingerprint density at radius 2 is 1.80 bits per heavy atom. The summed E-state index contributed by atoms with van der Waals surface area (Å²) < 4.78 is 4.63. The van der Waals surface area contributed by atoms with E-state index in [0.717, 1.165) is 0 Å². The van der Waals surface area contributed by atoms with Crippen molar-refractivity contribution in [1.29, 1.82) is 0 Å². The van der Waals surface area contributed by atoms with E-state index in [9.17, 15) is 14.4 Å². The molecule has 1 N–H and O–H groups in total. The summed E-state index contributed by atoms with van der Waals surface area (Å²) in [5, 5.41) is 0. The number of hydrogen-bond acceptors (Lipinski definition) is 4. The number of pyridine rings is 1. The van der Waals surface area contributed by atoms with E-state index in [0.29, 0.717) is 31.9 Å². The molecule has 108 valence electrons. The lowest BCUT2D eigenvalue weighted by molar-refractivity contribution is 0.0598. The van der Waals surface area contributed by atoms with Crippen molar-refractivity contribution in [3.8, 4) is 0 Å². The summed E-state index contributed by atoms with van der Waals surface area (Å²) in [6.07, 6.45) is 1.04. The Kier molecular flexibility index (Phi) is 4.07. The van der Waals surface area contributed by atoms with Gasteiger partial charge in [-0.15, -0.1) is 0 Å². The first-order valence-corrected chi connectivity index (χ1v) is 6.34. The minimum atomic E-state index is -0.398. The van der Waals surface area contributed by atoms with Gasteiger partial charge < -0.3 is 19.5 Å². The van der Waals surface area contributed by atoms with Crippen LogP contribution in [0, 0.1) is 6.92 Å². The molecule has 0 atom stereocenters. The van der Waals surface area contributed by atoms with E-state index in [4.69, 9.17) is 0 Å². The summed E-state index contributed by atoms with van der Waals surface area (Å²) in [7, 11) is 1.33. The molecule has 0 spiro atoms. The zero-order valence-corrected chi connectivity index (χ0v) is 11.5. The topological polar surface area (TPSA) is 82.7 Å². The van der Waals surface area contributed by atoms with Gasteiger partial charge in [0.05, 0.1) is 7.11 Å². The maximum atomic E-state index is 12.2. The third kappa shape index (κ3) is 2.81. The number of carbonyl (C=O) groups is 2. The lowest BCUT2D eigenvalue weighted by Gasteiger charge is -2.33. The molecule has 0 radical (unpaired) electrons. The average molecular weight is 279 g/mol. The Morgan fingerprint density at radius 1 is 1.20 bits per heavy atom. The van der Waals surface area contributed by atoms with Crippen LogP contribution in [0.25, 0.3) is 0 Å². The SMILES string of the molecule is COC(=O)N1CCN(C(=O)c2c[nH]c(C)cc2=O)CC1. The molecule has 0 unspecified atom stereocenters. The first-order chi connectivity index (χ1) is 9.52. The van der Waals surface area contributed by atoms with Crippen LogP contribution in [-0.2, 0) is 4.74 Å². The van der Waals surface area contributed by atoms with E-state index >= 15 is 0 Å². The molecule has 0 aliphatic carbocycles. The van der Waals surface area contributed by atoms with Crippen molar-refractivity contribution in [3.63, 3.8) is 0 Å². The van der Waals surface area contributed by atoms with Crippen molar-refractivity contribution >= 4 is 12.0 Å². The molecule has 1 aliphatic heterocycles. The predicted octanol–water partition coefficient (Wildman–Crippen LogP) is 0.208. The molecule has 1 fully saturated rings. The van der Waals surface area contributed by atoms with E-state index in [1.165, 1.54) is 24.3 Å². The molecule has 1 aromatic rings. The van der Waals surface area contributed by atoms with Gasteiger partial charge in [0.1, 0.15) is 5.56 Å². The summed E-state index contributed by atoms with van der Waals surface area (Å²) >= 11 is 0. The van der Waals surface area contributed by atoms with Crippen molar-refractivity contribution in [3.05, 3.63) is 33.7 Å². The number of aromatic nitrogens is 1. The van der Waals surface area contributed by atoms with Gasteiger partial charge in [0.25, 0.3) is 5.91 Å². The second kappa shape index (κ2) is 5.77. The Bertz CT molecular complexity index is 573. The standard InChI is InChI=1S/C13H17N3O4/c1-9-7-11(17)10(8-14-9)12(18)15-3-5-16(6-4-15)13(19)20-2/h7-8H,3-6H2,1-2H3,(H,14,17). The molecule has 2 heterocycles. The molecule has 20 heavy (non-hydrogen) atoms. The highest BCUT2D eigenvalue weighted by Gasteiger charge is 2.26. The smallest absolute Gasteiger partial charge is 0.409 e. The summed E-state index contributed by atoms with van der Waals surface area (Å²) in [6, 6.07) is 1.40. The molecule has 0 bridgehead atoms. The molecule has 7 heteroatoms. The molecule has 2 rings (SSSR count). The predicted molar refractivity (Wildman–Crippen MR) is 71.7 cm³/mol. The molecule has 1 saturated heterocycles. The zero-order chi connectivity index (χ0) is 14.7. The Balaban J connectivity index is 2.05. The van der Waals surface area contributed by atoms with Crippen LogP contribution >= 0.6 is 0 Å². The van der Waals surface area contributed by atoms with Gasteiger partial charge in [-0.2, -0.15) is 0 Å². The van der Waals surface area contributed by atoms with Gasteiger partial charge in [-0.05, 0) is 6.92 Å². The highest BCUT2D eigenvalue weighted by molar-refractivity contribution is 5.94. The lowest BCUT2D eigenvalue weighted by atomic mass is 10.2. The normalized spacial score (nSPS) is 15.1. The van der Waals surface area contributed by atoms with E-state index in [-0.39, 0.29) is 16.9 Å². The summed E-state index contributed by atoms with van der Waals surface area (Å²) in [6.45, 7) is 3.34. The number of piperazine rings is 1. The highest BCUT2D eigenvalue weighted by Crippen LogP contribution is 2.07. The van der Waals surface area contributed by atoms with Gasteiger partial charge in [0.15, 0.2) is 5.43 Å². The maximum Gasteiger partial charge on any atom is 0.409 e. The second-order valence-corrected chi connectivity index (χ2v) is 4.64. The summed E-state index contributed by atoms with van der Waals surface area (Å²) in [4.78, 5) is 41.4. The number of aryl methyl sites for hydroxylation is 1. The fourth-order valence-corrected chi connectivity index (χ4v) is 2.13. The van der Waals surface area contributed by atoms with Crippen molar-refractivity contribution in [2.75, 3.05) is 33.3 Å². The zero-order valence-electron chi connectivity index (χ0n) is 11.5. The summed E-state index contributed by atoms with van der Waals surface area (Å²) in [5.41, 5.74) is 0.547. The van der Waals surface area contributed by atoms with Crippen LogP contribution < -0.4 is 5.43 Å². The number of amides is 2. The molecule has 0 aromatic carbocycles. The number of hydrogen-bond donors (Lipinski definition) is 1. The van der Waals surface area contributed by atoms with E-state index in [1.807, 2.05) is 0 Å². The third-order valence-corrected chi connectivity index (χ3v) is 3.29. The molecular formula is C13H17N3O4. The van der Waals surface area contributed by atoms with Crippen molar-refractivity contribution in [1.82, 2.24) is 14.8 Å². The molecule has 2 amide bonds. The lowest BCUT2D eigenvalue weighted by Crippen LogP contribution is -2.51. The van der Waals surface area contributed by atoms with Gasteiger partial charge in [-0.25, -0.2) is 4.79 Å². The summed E-state index contributed by atoms with van der Waals surface area (Å²) in [5.74, 6) is -0.309. The minimum absolute atomic E-state index is 0.127. The average Bonchev–Trinajstić information content (AvgIpc) is 2.46. The van der Waals surface area contributed by atoms with Gasteiger partial charge in [0.2, 0.25) is 0 Å². The van der Waals surface area contributed by atoms with Crippen LogP contribution in [0.5, 0.6) is 0 Å². The number of nitrogens with one attached hydrogen (secondary N) is 1. The number of rotatable bonds is 1. The number of methoxy groups -OCH3 is 1. The van der Waals surface area contributed by atoms with Crippen molar-refractivity contribution in [2.24, 2.45) is 0 Å². The van der Waals surface area contributed by atoms with Crippen molar-refractivity contribution in [2.45, 2.75) is 6.92 Å². The number of nitrogens with zero attached hydrogens (tertiary/aromatic N) is 2. The van der Waals surface area contributed by atoms with Crippen LogP contribution in [0.2, 0.25) is 0 Å². The molecular weight excluding hydrogens is 262 g/mol. The molecule has 7 nitrogen and oxygen atoms in total. The number of ether oxygens (including phenoxy) is 1. The van der Waals surface area contributed by atoms with Gasteiger partial charge in [0, 0.05) is 44.1 Å². The van der Waals surface area contributed by atoms with Crippen LogP contribution in [0.3, 0.4) is 0 Å². The van der Waals surface area contributed by atoms with Crippen LogP contribution in [0.15, 0.2) is 17.1 Å². The van der Waals surface area contributed by atoms with E-state index < -0.39 is 6.09 Å². The van der Waals surface area contributed by atoms with E-state index in [1.54, 1.807) is 11.8 Å².